The molecule has 0 radical (unpaired) electrons. The van der Waals surface area contributed by atoms with Crippen LogP contribution in [0.25, 0.3) is 0 Å². The highest BCUT2D eigenvalue weighted by Crippen LogP contribution is 2.10. The van der Waals surface area contributed by atoms with E-state index < -0.39 is 0 Å². The first-order valence-electron chi connectivity index (χ1n) is 6.25. The summed E-state index contributed by atoms with van der Waals surface area (Å²) in [5.41, 5.74) is 1.20. The van der Waals surface area contributed by atoms with Crippen molar-refractivity contribution in [1.29, 1.82) is 0 Å². The van der Waals surface area contributed by atoms with Crippen molar-refractivity contribution in [3.63, 3.8) is 0 Å². The second-order valence-electron chi connectivity index (χ2n) is 4.52. The van der Waals surface area contributed by atoms with Crippen LogP contribution >= 0.6 is 0 Å². The first kappa shape index (κ1) is 15.8. The quantitative estimate of drug-likeness (QED) is 0.801. The third kappa shape index (κ3) is 8.55. The van der Waals surface area contributed by atoms with Gasteiger partial charge in [0.25, 0.3) is 0 Å². The molecule has 0 atom stereocenters. The predicted molar refractivity (Wildman–Crippen MR) is 71.1 cm³/mol. The average molecular weight is 236 g/mol. The Labute approximate surface area is 105 Å². The summed E-state index contributed by atoms with van der Waals surface area (Å²) in [7, 11) is 0. The molecule has 0 amide bonds. The van der Waals surface area contributed by atoms with Crippen LogP contribution in [0.3, 0.4) is 0 Å². The summed E-state index contributed by atoms with van der Waals surface area (Å²) in [5.74, 6) is 1.67. The van der Waals surface area contributed by atoms with Crippen molar-refractivity contribution in [2.75, 3.05) is 0 Å². The number of aryl methyl sites for hydroxylation is 1. The van der Waals surface area contributed by atoms with Crippen LogP contribution in [0.5, 0.6) is 0 Å². The van der Waals surface area contributed by atoms with Crippen LogP contribution in [0, 0.1) is 6.92 Å². The Morgan fingerprint density at radius 2 is 1.82 bits per heavy atom. The van der Waals surface area contributed by atoms with Gasteiger partial charge in [-0.05, 0) is 31.7 Å². The molecule has 0 saturated heterocycles. The maximum atomic E-state index is 10.2. The Hall–Kier alpha value is -1.25. The Kier molecular flexibility index (Phi) is 8.20. The lowest BCUT2D eigenvalue weighted by atomic mass is 10.1. The molecule has 0 saturated carbocycles. The van der Waals surface area contributed by atoms with Gasteiger partial charge < -0.3 is 4.79 Å². The van der Waals surface area contributed by atoms with Gasteiger partial charge in [0, 0.05) is 18.8 Å². The molecule has 0 unspecified atom stereocenters. The number of hydrogen-bond donors (Lipinski definition) is 0. The maximum Gasteiger partial charge on any atom is 0.129 e. The van der Waals surface area contributed by atoms with Crippen LogP contribution in [0.2, 0.25) is 0 Å². The van der Waals surface area contributed by atoms with Crippen molar-refractivity contribution in [3.05, 3.63) is 23.8 Å². The SMILES string of the molecule is CCCCC(C)=O.Cc1ncc(C(C)C)cn1. The molecule has 0 bridgehead atoms. The maximum absolute atomic E-state index is 10.2. The molecule has 0 N–H and O–H groups in total. The van der Waals surface area contributed by atoms with Crippen LogP contribution in [0.1, 0.15) is 64.3 Å². The molecular formula is C14H24N2O. The van der Waals surface area contributed by atoms with Gasteiger partial charge in [0.15, 0.2) is 0 Å². The van der Waals surface area contributed by atoms with E-state index >= 15 is 0 Å². The molecule has 1 aromatic heterocycles. The highest BCUT2D eigenvalue weighted by atomic mass is 16.1. The normalized spacial score (nSPS) is 9.76. The summed E-state index contributed by atoms with van der Waals surface area (Å²) in [6.45, 7) is 9.88. The predicted octanol–water partition coefficient (Wildman–Crippen LogP) is 3.67. The van der Waals surface area contributed by atoms with Crippen molar-refractivity contribution in [2.45, 2.75) is 59.8 Å². The number of unbranched alkanes of at least 4 members (excludes halogenated alkanes) is 1. The van der Waals surface area contributed by atoms with Crippen molar-refractivity contribution in [2.24, 2.45) is 0 Å². The minimum Gasteiger partial charge on any atom is -0.300 e. The Morgan fingerprint density at radius 3 is 2.12 bits per heavy atom. The highest BCUT2D eigenvalue weighted by Gasteiger charge is 1.97. The number of carbonyl (C=O) groups is 1. The van der Waals surface area contributed by atoms with E-state index in [0.717, 1.165) is 25.1 Å². The molecule has 3 heteroatoms. The first-order valence-corrected chi connectivity index (χ1v) is 6.25. The topological polar surface area (TPSA) is 42.9 Å². The fourth-order valence-electron chi connectivity index (χ4n) is 1.13. The molecule has 0 spiro atoms. The van der Waals surface area contributed by atoms with E-state index in [1.165, 1.54) is 5.56 Å². The number of aromatic nitrogens is 2. The Bertz CT molecular complexity index is 317. The van der Waals surface area contributed by atoms with Gasteiger partial charge >= 0.3 is 0 Å². The van der Waals surface area contributed by atoms with Crippen molar-refractivity contribution >= 4 is 5.78 Å². The lowest BCUT2D eigenvalue weighted by molar-refractivity contribution is -0.117. The number of rotatable bonds is 4. The largest absolute Gasteiger partial charge is 0.300 e. The van der Waals surface area contributed by atoms with Gasteiger partial charge in [-0.2, -0.15) is 0 Å². The second-order valence-corrected chi connectivity index (χ2v) is 4.52. The molecule has 0 aliphatic rings. The number of hydrogen-bond acceptors (Lipinski definition) is 3. The monoisotopic (exact) mass is 236 g/mol. The van der Waals surface area contributed by atoms with Gasteiger partial charge in [-0.1, -0.05) is 27.2 Å². The average Bonchev–Trinajstić information content (AvgIpc) is 2.27. The Balaban J connectivity index is 0.000000325. The molecule has 1 heterocycles. The molecule has 1 rings (SSSR count). The summed E-state index contributed by atoms with van der Waals surface area (Å²) in [5, 5.41) is 0. The van der Waals surface area contributed by atoms with Crippen molar-refractivity contribution in [1.82, 2.24) is 9.97 Å². The standard InChI is InChI=1S/C8H12N2.C6H12O/c1-6(2)8-4-9-7(3)10-5-8;1-3-4-5-6(2)7/h4-6H,1-3H3;3-5H2,1-2H3. The summed E-state index contributed by atoms with van der Waals surface area (Å²) in [6.07, 6.45) is 6.70. The highest BCUT2D eigenvalue weighted by molar-refractivity contribution is 5.75. The van der Waals surface area contributed by atoms with Crippen LogP contribution in [0.15, 0.2) is 12.4 Å². The fourth-order valence-corrected chi connectivity index (χ4v) is 1.13. The van der Waals surface area contributed by atoms with Crippen LogP contribution in [-0.4, -0.2) is 15.8 Å². The molecule has 0 aromatic carbocycles. The van der Waals surface area contributed by atoms with Gasteiger partial charge in [-0.3, -0.25) is 0 Å². The molecule has 17 heavy (non-hydrogen) atoms. The number of nitrogens with zero attached hydrogens (tertiary/aromatic N) is 2. The van der Waals surface area contributed by atoms with E-state index in [0.29, 0.717) is 11.7 Å². The van der Waals surface area contributed by atoms with E-state index in [2.05, 4.69) is 30.7 Å². The summed E-state index contributed by atoms with van der Waals surface area (Å²) in [6, 6.07) is 0. The van der Waals surface area contributed by atoms with E-state index in [4.69, 9.17) is 0 Å². The third-order valence-electron chi connectivity index (χ3n) is 2.35. The molecule has 3 nitrogen and oxygen atoms in total. The first-order chi connectivity index (χ1) is 7.97. The zero-order valence-corrected chi connectivity index (χ0v) is 11.7. The van der Waals surface area contributed by atoms with Gasteiger partial charge in [0.2, 0.25) is 0 Å². The molecule has 0 aliphatic carbocycles. The Morgan fingerprint density at radius 1 is 1.29 bits per heavy atom. The molecule has 0 fully saturated rings. The van der Waals surface area contributed by atoms with Gasteiger partial charge in [0.05, 0.1) is 0 Å². The number of Topliss-reactive ketones (excluding diaryl/α,β-unsaturated/α-hetero) is 1. The van der Waals surface area contributed by atoms with E-state index in [-0.39, 0.29) is 0 Å². The molecular weight excluding hydrogens is 212 g/mol. The third-order valence-corrected chi connectivity index (χ3v) is 2.35. The van der Waals surface area contributed by atoms with Crippen LogP contribution in [-0.2, 0) is 4.79 Å². The lowest BCUT2D eigenvalue weighted by Gasteiger charge is -2.01. The summed E-state index contributed by atoms with van der Waals surface area (Å²) >= 11 is 0. The zero-order valence-electron chi connectivity index (χ0n) is 11.7. The van der Waals surface area contributed by atoms with E-state index in [1.54, 1.807) is 6.92 Å². The number of carbonyl (C=O) groups excluding carboxylic acids is 1. The number of ketones is 1. The summed E-state index contributed by atoms with van der Waals surface area (Å²) < 4.78 is 0. The zero-order chi connectivity index (χ0) is 13.3. The van der Waals surface area contributed by atoms with Crippen LogP contribution < -0.4 is 0 Å². The molecule has 96 valence electrons. The smallest absolute Gasteiger partial charge is 0.129 e. The van der Waals surface area contributed by atoms with E-state index in [1.807, 2.05) is 19.3 Å². The fraction of sp³-hybridized carbons (Fsp3) is 0.643. The second kappa shape index (κ2) is 8.85. The summed E-state index contributed by atoms with van der Waals surface area (Å²) in [4.78, 5) is 18.4. The van der Waals surface area contributed by atoms with Crippen LogP contribution in [0.4, 0.5) is 0 Å². The minimum atomic E-state index is 0.307. The van der Waals surface area contributed by atoms with Gasteiger partial charge in [-0.15, -0.1) is 0 Å². The van der Waals surface area contributed by atoms with Gasteiger partial charge in [-0.25, -0.2) is 9.97 Å². The molecule has 1 aromatic rings. The van der Waals surface area contributed by atoms with Crippen molar-refractivity contribution < 1.29 is 4.79 Å². The molecule has 0 aliphatic heterocycles. The van der Waals surface area contributed by atoms with Gasteiger partial charge in [0.1, 0.15) is 11.6 Å². The minimum absolute atomic E-state index is 0.307. The lowest BCUT2D eigenvalue weighted by Crippen LogP contribution is -1.92. The van der Waals surface area contributed by atoms with Crippen molar-refractivity contribution in [3.8, 4) is 0 Å². The van der Waals surface area contributed by atoms with E-state index in [9.17, 15) is 4.79 Å².